The largest absolute Gasteiger partial charge is 0.479 e. The van der Waals surface area contributed by atoms with Gasteiger partial charge in [0, 0.05) is 5.56 Å². The highest BCUT2D eigenvalue weighted by Crippen LogP contribution is 2.29. The zero-order valence-electron chi connectivity index (χ0n) is 16.4. The molecule has 8 heteroatoms. The standard InChI is InChI=1S/C22H20N2O5S/c1-3-18(21(27)28)29-17-9-7-14(8-10-17)11-19-20(26)24-22(30-19)23-16-6-4-5-15(12-16)13(2)25/h4-12,18H,3H2,1-2H3,(H,27,28)(H,23,24,26)/b19-11+. The molecule has 154 valence electrons. The van der Waals surface area contributed by atoms with Crippen LogP contribution >= 0.6 is 11.8 Å². The summed E-state index contributed by atoms with van der Waals surface area (Å²) in [4.78, 5) is 39.7. The van der Waals surface area contributed by atoms with Crippen LogP contribution < -0.4 is 10.1 Å². The predicted molar refractivity (Wildman–Crippen MR) is 116 cm³/mol. The number of hydrogen-bond donors (Lipinski definition) is 2. The second-order valence-electron chi connectivity index (χ2n) is 6.51. The number of amides is 1. The van der Waals surface area contributed by atoms with Gasteiger partial charge >= 0.3 is 5.97 Å². The van der Waals surface area contributed by atoms with Gasteiger partial charge in [-0.15, -0.1) is 0 Å². The highest BCUT2D eigenvalue weighted by atomic mass is 32.2. The number of thioether (sulfide) groups is 1. The molecule has 3 rings (SSSR count). The molecule has 30 heavy (non-hydrogen) atoms. The monoisotopic (exact) mass is 424 g/mol. The molecule has 2 N–H and O–H groups in total. The molecule has 0 aromatic heterocycles. The highest BCUT2D eigenvalue weighted by Gasteiger charge is 2.24. The van der Waals surface area contributed by atoms with Gasteiger partial charge in [0.2, 0.25) is 0 Å². The fourth-order valence-corrected chi connectivity index (χ4v) is 3.50. The molecule has 2 aromatic rings. The molecule has 1 atom stereocenters. The maximum Gasteiger partial charge on any atom is 0.344 e. The SMILES string of the molecule is CCC(Oc1ccc(/C=C2/SC(=Nc3cccc(C(C)=O)c3)NC2=O)cc1)C(=O)O. The number of ketones is 1. The summed E-state index contributed by atoms with van der Waals surface area (Å²) in [5.74, 6) is -0.883. The van der Waals surface area contributed by atoms with Crippen LogP contribution in [-0.4, -0.2) is 34.0 Å². The van der Waals surface area contributed by atoms with E-state index >= 15 is 0 Å². The Hall–Kier alpha value is -3.39. The lowest BCUT2D eigenvalue weighted by Gasteiger charge is -2.13. The Morgan fingerprint density at radius 2 is 1.97 bits per heavy atom. The van der Waals surface area contributed by atoms with Crippen LogP contribution in [0, 0.1) is 0 Å². The number of aliphatic imine (C=N–C) groups is 1. The first kappa shape index (κ1) is 21.3. The van der Waals surface area contributed by atoms with Crippen molar-refractivity contribution in [2.45, 2.75) is 26.4 Å². The number of benzene rings is 2. The van der Waals surface area contributed by atoms with Gasteiger partial charge in [0.1, 0.15) is 5.75 Å². The maximum absolute atomic E-state index is 12.3. The summed E-state index contributed by atoms with van der Waals surface area (Å²) in [5, 5.41) is 12.2. The molecule has 2 aromatic carbocycles. The van der Waals surface area contributed by atoms with Gasteiger partial charge in [-0.05, 0) is 61.0 Å². The molecule has 0 spiro atoms. The van der Waals surface area contributed by atoms with Crippen molar-refractivity contribution in [2.75, 3.05) is 0 Å². The lowest BCUT2D eigenvalue weighted by atomic mass is 10.1. The lowest BCUT2D eigenvalue weighted by Crippen LogP contribution is -2.25. The van der Waals surface area contributed by atoms with Gasteiger partial charge in [-0.1, -0.05) is 31.2 Å². The molecular weight excluding hydrogens is 404 g/mol. The molecule has 1 saturated heterocycles. The molecule has 0 bridgehead atoms. The molecule has 0 aliphatic carbocycles. The number of ether oxygens (including phenoxy) is 1. The first-order valence-corrected chi connectivity index (χ1v) is 10.1. The number of nitrogens with zero attached hydrogens (tertiary/aromatic N) is 1. The van der Waals surface area contributed by atoms with Gasteiger partial charge < -0.3 is 15.2 Å². The average molecular weight is 424 g/mol. The molecule has 1 aliphatic rings. The van der Waals surface area contributed by atoms with E-state index in [1.54, 1.807) is 61.5 Å². The lowest BCUT2D eigenvalue weighted by molar-refractivity contribution is -0.145. The summed E-state index contributed by atoms with van der Waals surface area (Å²) in [6, 6.07) is 13.7. The van der Waals surface area contributed by atoms with Crippen LogP contribution in [0.2, 0.25) is 0 Å². The van der Waals surface area contributed by atoms with Crippen molar-refractivity contribution in [3.63, 3.8) is 0 Å². The molecule has 1 amide bonds. The summed E-state index contributed by atoms with van der Waals surface area (Å²) >= 11 is 1.20. The quantitative estimate of drug-likeness (QED) is 0.514. The minimum absolute atomic E-state index is 0.0539. The van der Waals surface area contributed by atoms with Crippen LogP contribution in [0.15, 0.2) is 58.4 Å². The average Bonchev–Trinajstić information content (AvgIpc) is 3.05. The fourth-order valence-electron chi connectivity index (χ4n) is 2.66. The van der Waals surface area contributed by atoms with Crippen molar-refractivity contribution in [3.05, 3.63) is 64.6 Å². The smallest absolute Gasteiger partial charge is 0.344 e. The van der Waals surface area contributed by atoms with Crippen LogP contribution in [0.3, 0.4) is 0 Å². The normalized spacial score (nSPS) is 17.1. The van der Waals surface area contributed by atoms with Gasteiger partial charge in [0.05, 0.1) is 10.6 Å². The van der Waals surface area contributed by atoms with Crippen molar-refractivity contribution in [1.82, 2.24) is 5.32 Å². The Labute approximate surface area is 177 Å². The van der Waals surface area contributed by atoms with E-state index in [9.17, 15) is 14.4 Å². The van der Waals surface area contributed by atoms with E-state index in [-0.39, 0.29) is 11.7 Å². The number of aliphatic carboxylic acids is 1. The van der Waals surface area contributed by atoms with Crippen molar-refractivity contribution < 1.29 is 24.2 Å². The maximum atomic E-state index is 12.3. The van der Waals surface area contributed by atoms with E-state index in [0.29, 0.717) is 33.5 Å². The summed E-state index contributed by atoms with van der Waals surface area (Å²) in [6.45, 7) is 3.22. The topological polar surface area (TPSA) is 105 Å². The number of nitrogens with one attached hydrogen (secondary N) is 1. The number of carbonyl (C=O) groups is 3. The minimum atomic E-state index is -1.01. The van der Waals surface area contributed by atoms with Gasteiger partial charge in [-0.3, -0.25) is 9.59 Å². The summed E-state index contributed by atoms with van der Waals surface area (Å²) in [5.41, 5.74) is 1.90. The van der Waals surface area contributed by atoms with Gasteiger partial charge in [0.15, 0.2) is 17.1 Å². The molecule has 1 fully saturated rings. The third-order valence-corrected chi connectivity index (χ3v) is 5.15. The first-order chi connectivity index (χ1) is 14.4. The van der Waals surface area contributed by atoms with Crippen molar-refractivity contribution in [1.29, 1.82) is 0 Å². The van der Waals surface area contributed by atoms with Crippen LogP contribution in [0.4, 0.5) is 5.69 Å². The van der Waals surface area contributed by atoms with Gasteiger partial charge in [-0.2, -0.15) is 0 Å². The Balaban J connectivity index is 1.72. The molecule has 0 radical (unpaired) electrons. The third kappa shape index (κ3) is 5.36. The third-order valence-electron chi connectivity index (χ3n) is 4.24. The van der Waals surface area contributed by atoms with Crippen LogP contribution in [0.1, 0.15) is 36.2 Å². The van der Waals surface area contributed by atoms with Gasteiger partial charge in [-0.25, -0.2) is 9.79 Å². The number of carboxylic acid groups (broad SMARTS) is 1. The van der Waals surface area contributed by atoms with E-state index in [1.807, 2.05) is 0 Å². The zero-order valence-corrected chi connectivity index (χ0v) is 17.2. The molecule has 7 nitrogen and oxygen atoms in total. The summed E-state index contributed by atoms with van der Waals surface area (Å²) in [7, 11) is 0. The molecule has 1 heterocycles. The van der Waals surface area contributed by atoms with E-state index in [4.69, 9.17) is 9.84 Å². The van der Waals surface area contributed by atoms with E-state index in [2.05, 4.69) is 10.3 Å². The second-order valence-corrected chi connectivity index (χ2v) is 7.54. The van der Waals surface area contributed by atoms with E-state index < -0.39 is 12.1 Å². The van der Waals surface area contributed by atoms with Crippen LogP contribution in [0.25, 0.3) is 6.08 Å². The number of amidine groups is 1. The number of carbonyl (C=O) groups excluding carboxylic acids is 2. The minimum Gasteiger partial charge on any atom is -0.479 e. The number of rotatable bonds is 7. The first-order valence-electron chi connectivity index (χ1n) is 9.26. The van der Waals surface area contributed by atoms with E-state index in [1.165, 1.54) is 18.7 Å². The van der Waals surface area contributed by atoms with Crippen molar-refractivity contribution in [3.8, 4) is 5.75 Å². The molecular formula is C22H20N2O5S. The Bertz CT molecular complexity index is 1040. The van der Waals surface area contributed by atoms with Crippen molar-refractivity contribution >= 4 is 46.4 Å². The summed E-state index contributed by atoms with van der Waals surface area (Å²) < 4.78 is 5.43. The Kier molecular flexibility index (Phi) is 6.68. The fraction of sp³-hybridized carbons (Fsp3) is 0.182. The van der Waals surface area contributed by atoms with Crippen LogP contribution in [0.5, 0.6) is 5.75 Å². The molecule has 1 unspecified atom stereocenters. The highest BCUT2D eigenvalue weighted by molar-refractivity contribution is 8.18. The number of Topliss-reactive ketones (excluding diaryl/α,β-unsaturated/α-hetero) is 1. The van der Waals surface area contributed by atoms with Crippen LogP contribution in [-0.2, 0) is 9.59 Å². The Morgan fingerprint density at radius 1 is 1.23 bits per heavy atom. The summed E-state index contributed by atoms with van der Waals surface area (Å²) in [6.07, 6.45) is 1.17. The predicted octanol–water partition coefficient (Wildman–Crippen LogP) is 4.02. The number of hydrogen-bond acceptors (Lipinski definition) is 6. The van der Waals surface area contributed by atoms with E-state index in [0.717, 1.165) is 5.56 Å². The number of carboxylic acids is 1. The van der Waals surface area contributed by atoms with Crippen molar-refractivity contribution in [2.24, 2.45) is 4.99 Å². The Morgan fingerprint density at radius 3 is 2.60 bits per heavy atom. The van der Waals surface area contributed by atoms with Gasteiger partial charge in [0.25, 0.3) is 5.91 Å². The molecule has 1 aliphatic heterocycles. The molecule has 0 saturated carbocycles. The zero-order chi connectivity index (χ0) is 21.7. The second kappa shape index (κ2) is 9.41.